The largest absolute Gasteiger partial charge is 0.405 e. The van der Waals surface area contributed by atoms with Crippen LogP contribution < -0.4 is 10.4 Å². The van der Waals surface area contributed by atoms with Crippen molar-refractivity contribution >= 4 is 30.5 Å². The van der Waals surface area contributed by atoms with Gasteiger partial charge in [-0.15, -0.1) is 0 Å². The van der Waals surface area contributed by atoms with Crippen molar-refractivity contribution in [2.75, 3.05) is 6.61 Å². The van der Waals surface area contributed by atoms with Crippen molar-refractivity contribution in [1.82, 2.24) is 0 Å². The number of thioether (sulfide) groups is 1. The molecule has 0 bridgehead atoms. The number of aliphatic hydroxyl groups excluding tert-OH is 3. The third-order valence-electron chi connectivity index (χ3n) is 6.54. The number of benzene rings is 3. The average molecular weight is 511 g/mol. The Kier molecular flexibility index (Phi) is 8.18. The molecule has 5 atom stereocenters. The Morgan fingerprint density at radius 2 is 1.23 bits per heavy atom. The number of ether oxygens (including phenoxy) is 1. The van der Waals surface area contributed by atoms with Gasteiger partial charge in [-0.25, -0.2) is 0 Å². The van der Waals surface area contributed by atoms with Crippen LogP contribution in [0.15, 0.2) is 95.9 Å². The van der Waals surface area contributed by atoms with Crippen LogP contribution in [0.4, 0.5) is 0 Å². The zero-order valence-electron chi connectivity index (χ0n) is 20.3. The summed E-state index contributed by atoms with van der Waals surface area (Å²) >= 11 is 1.33. The third kappa shape index (κ3) is 5.41. The van der Waals surface area contributed by atoms with E-state index in [0.29, 0.717) is 0 Å². The third-order valence-corrected chi connectivity index (χ3v) is 12.7. The van der Waals surface area contributed by atoms with E-state index in [1.807, 2.05) is 66.7 Å². The molecular weight excluding hydrogens is 476 g/mol. The second-order valence-electron chi connectivity index (χ2n) is 9.92. The van der Waals surface area contributed by atoms with Crippen LogP contribution in [0.5, 0.6) is 0 Å². The molecule has 186 valence electrons. The van der Waals surface area contributed by atoms with Gasteiger partial charge in [-0.3, -0.25) is 0 Å². The molecule has 4 rings (SSSR count). The molecule has 5 nitrogen and oxygen atoms in total. The van der Waals surface area contributed by atoms with Gasteiger partial charge in [0.25, 0.3) is 8.32 Å². The predicted molar refractivity (Wildman–Crippen MR) is 143 cm³/mol. The summed E-state index contributed by atoms with van der Waals surface area (Å²) in [7, 11) is -2.84. The standard InChI is InChI=1S/C28H34O5SSi/c1-28(2,3)35(21-15-9-5-10-16-21,22-17-11-6-12-18-22)32-19-23-24(29)25(30)26(31)27(33-23)34-20-13-7-4-8-14-20/h4-18,23-27,29-31H,19H2,1-3H3/t23-,24-,25+,26-,27+/m1/s1. The van der Waals surface area contributed by atoms with Gasteiger partial charge in [-0.1, -0.05) is 111 Å². The minimum atomic E-state index is -2.84. The molecule has 3 N–H and O–H groups in total. The number of hydrogen-bond donors (Lipinski definition) is 3. The molecule has 0 saturated carbocycles. The molecule has 0 amide bonds. The normalized spacial score (nSPS) is 25.4. The van der Waals surface area contributed by atoms with Crippen molar-refractivity contribution in [3.63, 3.8) is 0 Å². The summed E-state index contributed by atoms with van der Waals surface area (Å²) in [5.74, 6) is 0. The molecular formula is C28H34O5SSi. The van der Waals surface area contributed by atoms with Gasteiger partial charge in [0.2, 0.25) is 0 Å². The number of rotatable bonds is 7. The summed E-state index contributed by atoms with van der Waals surface area (Å²) in [5.41, 5.74) is -0.733. The number of hydrogen-bond acceptors (Lipinski definition) is 6. The van der Waals surface area contributed by atoms with Crippen molar-refractivity contribution in [2.45, 2.75) is 60.6 Å². The van der Waals surface area contributed by atoms with Crippen LogP contribution in [-0.2, 0) is 9.16 Å². The Bertz CT molecular complexity index is 1020. The minimum Gasteiger partial charge on any atom is -0.405 e. The van der Waals surface area contributed by atoms with E-state index >= 15 is 0 Å². The zero-order chi connectivity index (χ0) is 25.1. The van der Waals surface area contributed by atoms with Crippen LogP contribution in [0.1, 0.15) is 20.8 Å². The lowest BCUT2D eigenvalue weighted by atomic mass is 10.0. The first-order valence-electron chi connectivity index (χ1n) is 11.9. The van der Waals surface area contributed by atoms with Gasteiger partial charge in [0.1, 0.15) is 29.9 Å². The highest BCUT2D eigenvalue weighted by molar-refractivity contribution is 7.99. The summed E-state index contributed by atoms with van der Waals surface area (Å²) in [4.78, 5) is 0.909. The van der Waals surface area contributed by atoms with Crippen molar-refractivity contribution in [3.8, 4) is 0 Å². The van der Waals surface area contributed by atoms with E-state index in [0.717, 1.165) is 15.3 Å². The molecule has 1 saturated heterocycles. The lowest BCUT2D eigenvalue weighted by Crippen LogP contribution is -2.68. The van der Waals surface area contributed by atoms with Gasteiger partial charge < -0.3 is 24.5 Å². The van der Waals surface area contributed by atoms with E-state index in [1.165, 1.54) is 11.8 Å². The van der Waals surface area contributed by atoms with E-state index in [2.05, 4.69) is 45.0 Å². The first kappa shape index (κ1) is 26.1. The molecule has 1 fully saturated rings. The first-order valence-corrected chi connectivity index (χ1v) is 14.7. The van der Waals surface area contributed by atoms with Crippen molar-refractivity contribution in [3.05, 3.63) is 91.0 Å². The Balaban J connectivity index is 1.65. The molecule has 1 aliphatic rings. The van der Waals surface area contributed by atoms with Gasteiger partial charge in [-0.05, 0) is 27.5 Å². The molecule has 0 spiro atoms. The SMILES string of the molecule is CC(C)(C)[Si](OC[C@H]1O[C@@H](Sc2ccccc2)[C@H](O)[C@@H](O)[C@@H]1O)(c1ccccc1)c1ccccc1. The maximum atomic E-state index is 10.8. The maximum absolute atomic E-state index is 10.8. The Labute approximate surface area is 212 Å². The molecule has 3 aromatic rings. The quantitative estimate of drug-likeness (QED) is 0.424. The highest BCUT2D eigenvalue weighted by Crippen LogP contribution is 2.38. The van der Waals surface area contributed by atoms with Crippen LogP contribution in [-0.4, -0.2) is 60.1 Å². The fourth-order valence-electron chi connectivity index (χ4n) is 4.75. The molecule has 3 aromatic carbocycles. The topological polar surface area (TPSA) is 79.2 Å². The predicted octanol–water partition coefficient (Wildman–Crippen LogP) is 3.16. The molecule has 0 aromatic heterocycles. The van der Waals surface area contributed by atoms with Crippen LogP contribution in [0.25, 0.3) is 0 Å². The van der Waals surface area contributed by atoms with E-state index in [1.54, 1.807) is 0 Å². The monoisotopic (exact) mass is 510 g/mol. The van der Waals surface area contributed by atoms with Crippen LogP contribution in [0.3, 0.4) is 0 Å². The van der Waals surface area contributed by atoms with E-state index in [-0.39, 0.29) is 11.6 Å². The van der Waals surface area contributed by atoms with E-state index < -0.39 is 38.2 Å². The molecule has 0 unspecified atom stereocenters. The van der Waals surface area contributed by atoms with Gasteiger partial charge in [0.15, 0.2) is 0 Å². The fourth-order valence-corrected chi connectivity index (χ4v) is 10.4. The smallest absolute Gasteiger partial charge is 0.261 e. The molecule has 1 heterocycles. The first-order chi connectivity index (χ1) is 16.7. The van der Waals surface area contributed by atoms with Crippen LogP contribution >= 0.6 is 11.8 Å². The average Bonchev–Trinajstić information content (AvgIpc) is 2.86. The lowest BCUT2D eigenvalue weighted by molar-refractivity contribution is -0.204. The van der Waals surface area contributed by atoms with Crippen LogP contribution in [0.2, 0.25) is 5.04 Å². The zero-order valence-corrected chi connectivity index (χ0v) is 22.1. The van der Waals surface area contributed by atoms with Crippen molar-refractivity contribution in [1.29, 1.82) is 0 Å². The lowest BCUT2D eigenvalue weighted by Gasteiger charge is -2.45. The van der Waals surface area contributed by atoms with Gasteiger partial charge in [0.05, 0.1) is 6.61 Å². The minimum absolute atomic E-state index is 0.0874. The molecule has 35 heavy (non-hydrogen) atoms. The fraction of sp³-hybridized carbons (Fsp3) is 0.357. The van der Waals surface area contributed by atoms with Gasteiger partial charge in [-0.2, -0.15) is 0 Å². The second-order valence-corrected chi connectivity index (χ2v) is 15.4. The number of aliphatic hydroxyl groups is 3. The Hall–Kier alpha value is -1.97. The summed E-state index contributed by atoms with van der Waals surface area (Å²) in [5, 5.41) is 34.1. The summed E-state index contributed by atoms with van der Waals surface area (Å²) in [6.07, 6.45) is -4.62. The molecule has 7 heteroatoms. The molecule has 1 aliphatic heterocycles. The molecule has 0 aliphatic carbocycles. The summed E-state index contributed by atoms with van der Waals surface area (Å²) in [6.45, 7) is 6.64. The highest BCUT2D eigenvalue weighted by Gasteiger charge is 2.52. The van der Waals surface area contributed by atoms with Crippen molar-refractivity contribution in [2.24, 2.45) is 0 Å². The van der Waals surface area contributed by atoms with Crippen molar-refractivity contribution < 1.29 is 24.5 Å². The van der Waals surface area contributed by atoms with E-state index in [9.17, 15) is 15.3 Å². The summed E-state index contributed by atoms with van der Waals surface area (Å²) < 4.78 is 13.1. The van der Waals surface area contributed by atoms with Gasteiger partial charge in [0, 0.05) is 4.90 Å². The summed E-state index contributed by atoms with van der Waals surface area (Å²) in [6, 6.07) is 30.1. The van der Waals surface area contributed by atoms with E-state index in [4.69, 9.17) is 9.16 Å². The van der Waals surface area contributed by atoms with Crippen LogP contribution in [0, 0.1) is 0 Å². The highest BCUT2D eigenvalue weighted by atomic mass is 32.2. The Morgan fingerprint density at radius 3 is 1.71 bits per heavy atom. The molecule has 0 radical (unpaired) electrons. The second kappa shape index (κ2) is 11.0. The maximum Gasteiger partial charge on any atom is 0.261 e. The Morgan fingerprint density at radius 1 is 0.743 bits per heavy atom. The van der Waals surface area contributed by atoms with Gasteiger partial charge >= 0.3 is 0 Å².